The Balaban J connectivity index is 1.53. The van der Waals surface area contributed by atoms with Gasteiger partial charge in [-0.1, -0.05) is 23.9 Å². The van der Waals surface area contributed by atoms with Gasteiger partial charge in [0.2, 0.25) is 0 Å². The predicted octanol–water partition coefficient (Wildman–Crippen LogP) is 0.0737. The van der Waals surface area contributed by atoms with Crippen molar-refractivity contribution in [2.24, 2.45) is 0 Å². The minimum absolute atomic E-state index is 0.0242. The summed E-state index contributed by atoms with van der Waals surface area (Å²) in [5.41, 5.74) is 1.35. The predicted molar refractivity (Wildman–Crippen MR) is 113 cm³/mol. The molecule has 0 bridgehead atoms. The number of fused-ring (bicyclic) bond motifs is 1. The quantitative estimate of drug-likeness (QED) is 0.0669. The van der Waals surface area contributed by atoms with E-state index in [2.05, 4.69) is 19.5 Å². The van der Waals surface area contributed by atoms with Gasteiger partial charge in [-0.15, -0.1) is 0 Å². The van der Waals surface area contributed by atoms with Gasteiger partial charge in [-0.2, -0.15) is 0 Å². The Morgan fingerprint density at radius 2 is 1.91 bits per heavy atom. The fourth-order valence-electron chi connectivity index (χ4n) is 3.34. The second-order valence-corrected chi connectivity index (χ2v) is 9.33. The second kappa shape index (κ2) is 9.61. The number of phosphoric acid groups is 1. The third-order valence-corrected chi connectivity index (χ3v) is 6.46. The van der Waals surface area contributed by atoms with Crippen LogP contribution in [0.4, 0.5) is 5.69 Å². The number of nitrogens with zero attached hydrogens (tertiary/aromatic N) is 5. The van der Waals surface area contributed by atoms with E-state index in [-0.39, 0.29) is 11.3 Å². The molecule has 0 aliphatic carbocycles. The van der Waals surface area contributed by atoms with Crippen molar-refractivity contribution in [1.29, 1.82) is 0 Å². The molecule has 0 saturated carbocycles. The smallest absolute Gasteiger partial charge is 0.387 e. The molecule has 1 aliphatic heterocycles. The first-order chi connectivity index (χ1) is 16.0. The van der Waals surface area contributed by atoms with Crippen molar-refractivity contribution in [1.82, 2.24) is 19.5 Å². The number of non-ortho nitro benzene ring substituents is 1. The first-order valence-electron chi connectivity index (χ1n) is 9.52. The highest BCUT2D eigenvalue weighted by atomic mass is 32.2. The number of ether oxygens (including phenoxy) is 1. The van der Waals surface area contributed by atoms with E-state index < -0.39 is 43.6 Å². The first kappa shape index (κ1) is 24.6. The maximum absolute atomic E-state index is 11.0. The topological polar surface area (TPSA) is 223 Å². The van der Waals surface area contributed by atoms with Gasteiger partial charge in [-0.05, 0) is 5.56 Å². The van der Waals surface area contributed by atoms with Crippen molar-refractivity contribution < 1.29 is 43.9 Å². The average molecular weight is 515 g/mol. The SMILES string of the molecule is O=[N+]([O-])c1ccc(CSc2ncnc3c2ncn3[C@@H]2O[C@H](C(O)OP(=O)(O)O)[C@@H](O)[C@H]2O)cc1. The zero-order valence-electron chi connectivity index (χ0n) is 16.9. The Morgan fingerprint density at radius 3 is 2.56 bits per heavy atom. The zero-order valence-corrected chi connectivity index (χ0v) is 18.6. The summed E-state index contributed by atoms with van der Waals surface area (Å²) in [5, 5.41) is 41.7. The molecule has 17 heteroatoms. The minimum atomic E-state index is -5.09. The third kappa shape index (κ3) is 5.10. The lowest BCUT2D eigenvalue weighted by Gasteiger charge is -2.21. The number of benzene rings is 1. The molecule has 3 heterocycles. The number of phosphoric ester groups is 1. The molecule has 1 saturated heterocycles. The van der Waals surface area contributed by atoms with Gasteiger partial charge in [0.25, 0.3) is 5.69 Å². The van der Waals surface area contributed by atoms with E-state index >= 15 is 0 Å². The summed E-state index contributed by atoms with van der Waals surface area (Å²) in [6.07, 6.45) is -6.00. The molecule has 15 nitrogen and oxygen atoms in total. The van der Waals surface area contributed by atoms with E-state index in [9.17, 15) is 30.0 Å². The van der Waals surface area contributed by atoms with Crippen LogP contribution in [0.3, 0.4) is 0 Å². The van der Waals surface area contributed by atoms with Crippen LogP contribution >= 0.6 is 19.6 Å². The molecule has 1 aliphatic rings. The lowest BCUT2D eigenvalue weighted by molar-refractivity contribution is -0.384. The molecule has 3 aromatic rings. The standard InChI is InChI=1S/C17H18N5O10PS/c23-11-12(24)16(31-13(11)17(25)32-33(28,29)30)21-7-20-10-14(21)18-6-19-15(10)34-5-8-1-3-9(4-2-8)22(26)27/h1-4,6-7,11-13,16-17,23-25H,5H2,(H2,28,29,30)/t11-,12+,13-,16+,17?/m0/s1. The second-order valence-electron chi connectivity index (χ2n) is 7.17. The highest BCUT2D eigenvalue weighted by molar-refractivity contribution is 7.98. The maximum Gasteiger partial charge on any atom is 0.472 e. The van der Waals surface area contributed by atoms with Gasteiger partial charge in [0.05, 0.1) is 11.3 Å². The van der Waals surface area contributed by atoms with Gasteiger partial charge >= 0.3 is 7.82 Å². The van der Waals surface area contributed by atoms with E-state index in [1.165, 1.54) is 41.1 Å². The fraction of sp³-hybridized carbons (Fsp3) is 0.353. The molecular formula is C17H18N5O10PS. The molecule has 182 valence electrons. The van der Waals surface area contributed by atoms with Gasteiger partial charge in [-0.3, -0.25) is 19.2 Å². The van der Waals surface area contributed by atoms with Crippen molar-refractivity contribution >= 4 is 36.4 Å². The number of rotatable bonds is 8. The lowest BCUT2D eigenvalue weighted by atomic mass is 10.1. The molecule has 34 heavy (non-hydrogen) atoms. The molecule has 5 N–H and O–H groups in total. The van der Waals surface area contributed by atoms with E-state index in [1.807, 2.05) is 0 Å². The molecule has 1 aromatic carbocycles. The fourth-order valence-corrected chi connectivity index (χ4v) is 4.64. The Morgan fingerprint density at radius 1 is 1.21 bits per heavy atom. The first-order valence-corrected chi connectivity index (χ1v) is 12.0. The number of hydrogen-bond donors (Lipinski definition) is 5. The van der Waals surface area contributed by atoms with E-state index in [0.29, 0.717) is 16.3 Å². The Kier molecular flexibility index (Phi) is 6.95. The molecule has 1 fully saturated rings. The Hall–Kier alpha value is -2.53. The van der Waals surface area contributed by atoms with Gasteiger partial charge in [-0.25, -0.2) is 19.5 Å². The number of nitro groups is 1. The van der Waals surface area contributed by atoms with Crippen LogP contribution in [-0.2, 0) is 19.6 Å². The van der Waals surface area contributed by atoms with Crippen LogP contribution in [0.2, 0.25) is 0 Å². The lowest BCUT2D eigenvalue weighted by Crippen LogP contribution is -2.39. The summed E-state index contributed by atoms with van der Waals surface area (Å²) in [6, 6.07) is 6.03. The normalized spacial score (nSPS) is 23.9. The molecule has 0 radical (unpaired) electrons. The van der Waals surface area contributed by atoms with Crippen molar-refractivity contribution in [2.75, 3.05) is 0 Å². The van der Waals surface area contributed by atoms with Gasteiger partial charge < -0.3 is 29.8 Å². The third-order valence-electron chi connectivity index (χ3n) is 4.92. The van der Waals surface area contributed by atoms with Crippen LogP contribution in [0.1, 0.15) is 11.8 Å². The van der Waals surface area contributed by atoms with Crippen molar-refractivity contribution in [3.63, 3.8) is 0 Å². The number of aliphatic hydroxyl groups excluding tert-OH is 3. The Bertz CT molecular complexity index is 1240. The molecule has 2 aromatic heterocycles. The number of aliphatic hydroxyl groups is 3. The monoisotopic (exact) mass is 515 g/mol. The minimum Gasteiger partial charge on any atom is -0.387 e. The molecule has 5 atom stereocenters. The Labute approximate surface area is 194 Å². The molecule has 1 unspecified atom stereocenters. The summed E-state index contributed by atoms with van der Waals surface area (Å²) in [7, 11) is -5.09. The average Bonchev–Trinajstić information content (AvgIpc) is 3.33. The van der Waals surface area contributed by atoms with Crippen LogP contribution < -0.4 is 0 Å². The van der Waals surface area contributed by atoms with Crippen molar-refractivity contribution in [3.05, 3.63) is 52.6 Å². The molecule has 4 rings (SSSR count). The summed E-state index contributed by atoms with van der Waals surface area (Å²) in [6.45, 7) is 0. The molecular weight excluding hydrogens is 497 g/mol. The van der Waals surface area contributed by atoms with Crippen LogP contribution in [0, 0.1) is 10.1 Å². The summed E-state index contributed by atoms with van der Waals surface area (Å²) < 4.78 is 21.8. The van der Waals surface area contributed by atoms with Crippen LogP contribution in [0.15, 0.2) is 41.9 Å². The number of thioether (sulfide) groups is 1. The number of imidazole rings is 1. The number of hydrogen-bond acceptors (Lipinski definition) is 12. The van der Waals surface area contributed by atoms with Gasteiger partial charge in [0.1, 0.15) is 35.2 Å². The molecule has 0 amide bonds. The van der Waals surface area contributed by atoms with Crippen LogP contribution in [0.25, 0.3) is 11.2 Å². The van der Waals surface area contributed by atoms with Crippen molar-refractivity contribution in [3.8, 4) is 0 Å². The van der Waals surface area contributed by atoms with Crippen LogP contribution in [-0.4, -0.2) is 74.2 Å². The highest BCUT2D eigenvalue weighted by Crippen LogP contribution is 2.41. The largest absolute Gasteiger partial charge is 0.472 e. The number of nitro benzene ring substituents is 1. The highest BCUT2D eigenvalue weighted by Gasteiger charge is 2.49. The van der Waals surface area contributed by atoms with Crippen molar-refractivity contribution in [2.45, 2.75) is 41.6 Å². The zero-order chi connectivity index (χ0) is 24.6. The van der Waals surface area contributed by atoms with E-state index in [0.717, 1.165) is 5.56 Å². The summed E-state index contributed by atoms with van der Waals surface area (Å²) in [4.78, 5) is 40.6. The maximum atomic E-state index is 11.0. The van der Waals surface area contributed by atoms with Gasteiger partial charge in [0, 0.05) is 17.9 Å². The van der Waals surface area contributed by atoms with Gasteiger partial charge in [0.15, 0.2) is 18.2 Å². The summed E-state index contributed by atoms with van der Waals surface area (Å²) in [5.74, 6) is 0.423. The molecule has 0 spiro atoms. The number of aromatic nitrogens is 4. The van der Waals surface area contributed by atoms with E-state index in [1.54, 1.807) is 12.1 Å². The van der Waals surface area contributed by atoms with Crippen LogP contribution in [0.5, 0.6) is 0 Å². The van der Waals surface area contributed by atoms with E-state index in [4.69, 9.17) is 14.5 Å². The summed E-state index contributed by atoms with van der Waals surface area (Å²) >= 11 is 1.29.